The molecule has 7 nitrogen and oxygen atoms in total. The first-order valence-electron chi connectivity index (χ1n) is 7.46. The Bertz CT molecular complexity index is 629. The molecule has 0 spiro atoms. The minimum atomic E-state index is -0.944. The molecule has 1 aliphatic rings. The zero-order valence-electron chi connectivity index (χ0n) is 13.2. The lowest BCUT2D eigenvalue weighted by molar-refractivity contribution is -0.143. The third kappa shape index (κ3) is 3.39. The Morgan fingerprint density at radius 1 is 1.04 bits per heavy atom. The summed E-state index contributed by atoms with van der Waals surface area (Å²) < 4.78 is 0. The van der Waals surface area contributed by atoms with E-state index in [1.165, 1.54) is 4.90 Å². The summed E-state index contributed by atoms with van der Waals surface area (Å²) in [5.74, 6) is -2.25. The summed E-state index contributed by atoms with van der Waals surface area (Å²) in [6.07, 6.45) is 1.41. The van der Waals surface area contributed by atoms with Gasteiger partial charge in [0, 0.05) is 19.3 Å². The number of nitrogens with zero attached hydrogens (tertiary/aromatic N) is 3. The molecule has 1 aromatic carbocycles. The van der Waals surface area contributed by atoms with E-state index in [4.69, 9.17) is 0 Å². The van der Waals surface area contributed by atoms with Gasteiger partial charge in [0.15, 0.2) is 0 Å². The van der Waals surface area contributed by atoms with Crippen LogP contribution in [-0.4, -0.2) is 53.7 Å². The SMILES string of the molecule is CCCCN1C(=O)C(=O)N(CC(=O)N(C)c2ccccc2)C1=O. The topological polar surface area (TPSA) is 78.0 Å². The third-order valence-electron chi connectivity index (χ3n) is 3.68. The largest absolute Gasteiger partial charge is 0.334 e. The van der Waals surface area contributed by atoms with Gasteiger partial charge in [0.1, 0.15) is 6.54 Å². The van der Waals surface area contributed by atoms with Crippen molar-refractivity contribution in [1.29, 1.82) is 0 Å². The number of para-hydroxylation sites is 1. The molecule has 7 heteroatoms. The fourth-order valence-electron chi connectivity index (χ4n) is 2.24. The maximum atomic E-state index is 12.3. The highest BCUT2D eigenvalue weighted by Gasteiger charge is 2.45. The van der Waals surface area contributed by atoms with Crippen LogP contribution in [0.4, 0.5) is 10.5 Å². The average molecular weight is 317 g/mol. The van der Waals surface area contributed by atoms with Gasteiger partial charge in [-0.25, -0.2) is 9.69 Å². The van der Waals surface area contributed by atoms with Crippen molar-refractivity contribution in [3.63, 3.8) is 0 Å². The quantitative estimate of drug-likeness (QED) is 0.584. The van der Waals surface area contributed by atoms with E-state index in [-0.39, 0.29) is 6.54 Å². The summed E-state index contributed by atoms with van der Waals surface area (Å²) in [5.41, 5.74) is 0.644. The van der Waals surface area contributed by atoms with Gasteiger partial charge < -0.3 is 4.90 Å². The molecule has 1 saturated heterocycles. The predicted molar refractivity (Wildman–Crippen MR) is 83.6 cm³/mol. The summed E-state index contributed by atoms with van der Waals surface area (Å²) in [5, 5.41) is 0. The molecule has 1 heterocycles. The fraction of sp³-hybridized carbons (Fsp3) is 0.375. The average Bonchev–Trinajstić information content (AvgIpc) is 2.77. The van der Waals surface area contributed by atoms with Crippen LogP contribution in [0.1, 0.15) is 19.8 Å². The van der Waals surface area contributed by atoms with E-state index in [2.05, 4.69) is 0 Å². The maximum Gasteiger partial charge on any atom is 0.334 e. The summed E-state index contributed by atoms with van der Waals surface area (Å²) >= 11 is 0. The van der Waals surface area contributed by atoms with Gasteiger partial charge in [-0.1, -0.05) is 31.5 Å². The lowest BCUT2D eigenvalue weighted by Crippen LogP contribution is -2.42. The first kappa shape index (κ1) is 16.7. The monoisotopic (exact) mass is 317 g/mol. The molecular weight excluding hydrogens is 298 g/mol. The molecule has 0 atom stereocenters. The van der Waals surface area contributed by atoms with Crippen molar-refractivity contribution in [3.05, 3.63) is 30.3 Å². The van der Waals surface area contributed by atoms with Crippen molar-refractivity contribution in [3.8, 4) is 0 Å². The van der Waals surface area contributed by atoms with Gasteiger partial charge in [-0.2, -0.15) is 0 Å². The predicted octanol–water partition coefficient (Wildman–Crippen LogP) is 1.24. The molecule has 1 aromatic rings. The number of benzene rings is 1. The van der Waals surface area contributed by atoms with Gasteiger partial charge in [0.05, 0.1) is 0 Å². The highest BCUT2D eigenvalue weighted by atomic mass is 16.2. The van der Waals surface area contributed by atoms with Crippen LogP contribution in [0, 0.1) is 0 Å². The van der Waals surface area contributed by atoms with Crippen LogP contribution in [0.3, 0.4) is 0 Å². The molecule has 122 valence electrons. The molecule has 0 bridgehead atoms. The summed E-state index contributed by atoms with van der Waals surface area (Å²) in [7, 11) is 1.55. The van der Waals surface area contributed by atoms with E-state index in [9.17, 15) is 19.2 Å². The van der Waals surface area contributed by atoms with Crippen LogP contribution < -0.4 is 4.90 Å². The fourth-order valence-corrected chi connectivity index (χ4v) is 2.24. The lowest BCUT2D eigenvalue weighted by Gasteiger charge is -2.20. The summed E-state index contributed by atoms with van der Waals surface area (Å²) in [6.45, 7) is 1.67. The van der Waals surface area contributed by atoms with E-state index < -0.39 is 30.3 Å². The second-order valence-corrected chi connectivity index (χ2v) is 5.27. The van der Waals surface area contributed by atoms with E-state index in [1.807, 2.05) is 13.0 Å². The minimum Gasteiger partial charge on any atom is -0.314 e. The standard InChI is InChI=1S/C16H19N3O4/c1-3-4-10-18-14(21)15(22)19(16(18)23)11-13(20)17(2)12-8-6-5-7-9-12/h5-9H,3-4,10-11H2,1-2H3. The number of unbranched alkanes of at least 4 members (excludes halogenated alkanes) is 1. The van der Waals surface area contributed by atoms with Gasteiger partial charge in [0.25, 0.3) is 0 Å². The number of carbonyl (C=O) groups excluding carboxylic acids is 4. The van der Waals surface area contributed by atoms with Crippen LogP contribution in [0.25, 0.3) is 0 Å². The van der Waals surface area contributed by atoms with Crippen molar-refractivity contribution in [2.75, 3.05) is 25.0 Å². The molecule has 1 fully saturated rings. The molecular formula is C16H19N3O4. The Labute approximate surface area is 134 Å². The van der Waals surface area contributed by atoms with E-state index in [1.54, 1.807) is 31.3 Å². The molecule has 0 N–H and O–H groups in total. The Hall–Kier alpha value is -2.70. The molecule has 1 aliphatic heterocycles. The number of hydrogen-bond acceptors (Lipinski definition) is 4. The van der Waals surface area contributed by atoms with Gasteiger partial charge in [-0.3, -0.25) is 19.3 Å². The first-order chi connectivity index (χ1) is 11.0. The van der Waals surface area contributed by atoms with Crippen LogP contribution in [-0.2, 0) is 14.4 Å². The molecule has 5 amide bonds. The number of amides is 5. The lowest BCUT2D eigenvalue weighted by atomic mass is 10.3. The number of hydrogen-bond donors (Lipinski definition) is 0. The molecule has 0 saturated carbocycles. The molecule has 0 aromatic heterocycles. The van der Waals surface area contributed by atoms with Crippen molar-refractivity contribution >= 4 is 29.4 Å². The van der Waals surface area contributed by atoms with E-state index in [0.717, 1.165) is 11.3 Å². The Morgan fingerprint density at radius 3 is 2.26 bits per heavy atom. The Kier molecular flexibility index (Phi) is 5.10. The van der Waals surface area contributed by atoms with Gasteiger partial charge >= 0.3 is 17.8 Å². The molecule has 23 heavy (non-hydrogen) atoms. The van der Waals surface area contributed by atoms with Crippen LogP contribution in [0.5, 0.6) is 0 Å². The smallest absolute Gasteiger partial charge is 0.314 e. The van der Waals surface area contributed by atoms with E-state index in [0.29, 0.717) is 17.0 Å². The van der Waals surface area contributed by atoms with Crippen molar-refractivity contribution in [2.45, 2.75) is 19.8 Å². The highest BCUT2D eigenvalue weighted by Crippen LogP contribution is 2.15. The van der Waals surface area contributed by atoms with Crippen molar-refractivity contribution in [1.82, 2.24) is 9.80 Å². The third-order valence-corrected chi connectivity index (χ3v) is 3.68. The second kappa shape index (κ2) is 7.04. The van der Waals surface area contributed by atoms with Crippen LogP contribution in [0.15, 0.2) is 30.3 Å². The van der Waals surface area contributed by atoms with Gasteiger partial charge in [0.2, 0.25) is 5.91 Å². The number of anilines is 1. The number of urea groups is 1. The first-order valence-corrected chi connectivity index (χ1v) is 7.46. The minimum absolute atomic E-state index is 0.194. The van der Waals surface area contributed by atoms with Gasteiger partial charge in [-0.15, -0.1) is 0 Å². The molecule has 0 radical (unpaired) electrons. The maximum absolute atomic E-state index is 12.3. The highest BCUT2D eigenvalue weighted by molar-refractivity contribution is 6.45. The number of carbonyl (C=O) groups is 4. The summed E-state index contributed by atoms with van der Waals surface area (Å²) in [6, 6.07) is 8.14. The van der Waals surface area contributed by atoms with Crippen LogP contribution in [0.2, 0.25) is 0 Å². The normalized spacial score (nSPS) is 14.6. The Morgan fingerprint density at radius 2 is 1.65 bits per heavy atom. The molecule has 0 unspecified atom stereocenters. The zero-order valence-corrected chi connectivity index (χ0v) is 13.2. The van der Waals surface area contributed by atoms with Crippen molar-refractivity contribution < 1.29 is 19.2 Å². The van der Waals surface area contributed by atoms with Crippen LogP contribution >= 0.6 is 0 Å². The number of likely N-dealkylation sites (N-methyl/N-ethyl adjacent to an activating group) is 1. The summed E-state index contributed by atoms with van der Waals surface area (Å²) in [4.78, 5) is 51.2. The Balaban J connectivity index is 2.07. The second-order valence-electron chi connectivity index (χ2n) is 5.27. The number of rotatable bonds is 6. The van der Waals surface area contributed by atoms with Gasteiger partial charge in [-0.05, 0) is 18.6 Å². The van der Waals surface area contributed by atoms with Crippen molar-refractivity contribution in [2.24, 2.45) is 0 Å². The molecule has 2 rings (SSSR count). The molecule has 0 aliphatic carbocycles. The zero-order chi connectivity index (χ0) is 17.0. The van der Waals surface area contributed by atoms with E-state index >= 15 is 0 Å². The number of imide groups is 2.